The second-order valence-corrected chi connectivity index (χ2v) is 8.39. The summed E-state index contributed by atoms with van der Waals surface area (Å²) in [7, 11) is 0. The smallest absolute Gasteiger partial charge is 0.186 e. The van der Waals surface area contributed by atoms with E-state index >= 15 is 0 Å². The fourth-order valence-electron chi connectivity index (χ4n) is 2.46. The van der Waals surface area contributed by atoms with Crippen molar-refractivity contribution < 1.29 is 4.79 Å². The van der Waals surface area contributed by atoms with Gasteiger partial charge in [0.1, 0.15) is 0 Å². The lowest BCUT2D eigenvalue weighted by Gasteiger charge is -2.31. The Hall–Kier alpha value is -1.67. The molecule has 1 aromatic carbocycles. The third kappa shape index (κ3) is 4.20. The van der Waals surface area contributed by atoms with Crippen LogP contribution in [0.25, 0.3) is 0 Å². The number of halogens is 1. The zero-order valence-corrected chi connectivity index (χ0v) is 15.5. The highest BCUT2D eigenvalue weighted by atomic mass is 35.5. The summed E-state index contributed by atoms with van der Waals surface area (Å²) in [5.41, 5.74) is 2.80. The van der Waals surface area contributed by atoms with Gasteiger partial charge in [-0.1, -0.05) is 53.1 Å². The first-order valence-corrected chi connectivity index (χ1v) is 8.19. The molecular weight excluding hydrogens is 306 g/mol. The van der Waals surface area contributed by atoms with Crippen LogP contribution in [0.5, 0.6) is 0 Å². The number of hydrogen-bond donors (Lipinski definition) is 0. The average Bonchev–Trinajstić information content (AvgIpc) is 2.40. The number of ketones is 1. The third-order valence-electron chi connectivity index (χ3n) is 3.77. The van der Waals surface area contributed by atoms with Crippen molar-refractivity contribution in [3.05, 3.63) is 52.6 Å². The molecule has 23 heavy (non-hydrogen) atoms. The molecule has 1 aliphatic rings. The van der Waals surface area contributed by atoms with E-state index in [4.69, 9.17) is 11.6 Å². The van der Waals surface area contributed by atoms with Crippen molar-refractivity contribution in [3.63, 3.8) is 0 Å². The number of benzene rings is 1. The molecule has 0 heterocycles. The quantitative estimate of drug-likeness (QED) is 0.586. The molecule has 0 saturated carbocycles. The van der Waals surface area contributed by atoms with Crippen LogP contribution >= 0.6 is 11.6 Å². The second kappa shape index (κ2) is 6.09. The minimum absolute atomic E-state index is 0.125. The lowest BCUT2D eigenvalue weighted by atomic mass is 9.72. The molecule has 0 bridgehead atoms. The molecule has 1 aliphatic carbocycles. The Morgan fingerprint density at radius 2 is 1.26 bits per heavy atom. The largest absolute Gasteiger partial charge is 0.289 e. The van der Waals surface area contributed by atoms with E-state index in [1.165, 1.54) is 0 Å². The van der Waals surface area contributed by atoms with Gasteiger partial charge in [0.05, 0.1) is 11.4 Å². The number of allylic oxidation sites excluding steroid dienone is 4. The van der Waals surface area contributed by atoms with E-state index in [0.29, 0.717) is 5.02 Å². The standard InChI is InChI=1S/C20H24ClNO/c1-19(2,3)16-11-15(12-17(18(16)23)20(4,5)6)22-14-9-7-13(21)8-10-14/h7-12H,1-6H3. The van der Waals surface area contributed by atoms with Crippen molar-refractivity contribution in [1.82, 2.24) is 0 Å². The van der Waals surface area contributed by atoms with Gasteiger partial charge >= 0.3 is 0 Å². The second-order valence-electron chi connectivity index (χ2n) is 7.96. The first-order valence-electron chi connectivity index (χ1n) is 7.82. The summed E-state index contributed by atoms with van der Waals surface area (Å²) in [4.78, 5) is 17.5. The Morgan fingerprint density at radius 3 is 1.65 bits per heavy atom. The SMILES string of the molecule is CC(C)(C)C1=CC(=Nc2ccc(Cl)cc2)C=C(C(C)(C)C)C1=O. The van der Waals surface area contributed by atoms with Crippen molar-refractivity contribution in [2.75, 3.05) is 0 Å². The maximum Gasteiger partial charge on any atom is 0.186 e. The van der Waals surface area contributed by atoms with Gasteiger partial charge in [0, 0.05) is 16.2 Å². The monoisotopic (exact) mass is 329 g/mol. The average molecular weight is 330 g/mol. The van der Waals surface area contributed by atoms with Gasteiger partial charge in [0.15, 0.2) is 5.78 Å². The fraction of sp³-hybridized carbons (Fsp3) is 0.400. The van der Waals surface area contributed by atoms with Crippen molar-refractivity contribution in [2.45, 2.75) is 41.5 Å². The van der Waals surface area contributed by atoms with Gasteiger partial charge in [-0.25, -0.2) is 4.99 Å². The van der Waals surface area contributed by atoms with E-state index in [9.17, 15) is 4.79 Å². The summed E-state index contributed by atoms with van der Waals surface area (Å²) in [6.07, 6.45) is 3.82. The van der Waals surface area contributed by atoms with Crippen LogP contribution in [0.15, 0.2) is 52.6 Å². The van der Waals surface area contributed by atoms with Crippen LogP contribution in [0.2, 0.25) is 5.02 Å². The normalized spacial score (nSPS) is 16.1. The number of aliphatic imine (C=N–C) groups is 1. The molecule has 0 N–H and O–H groups in total. The van der Waals surface area contributed by atoms with Crippen LogP contribution in [-0.4, -0.2) is 11.5 Å². The molecule has 0 aromatic heterocycles. The number of nitrogens with zero attached hydrogens (tertiary/aromatic N) is 1. The van der Waals surface area contributed by atoms with E-state index in [0.717, 1.165) is 22.5 Å². The van der Waals surface area contributed by atoms with Gasteiger partial charge in [-0.15, -0.1) is 0 Å². The van der Waals surface area contributed by atoms with Crippen LogP contribution in [0, 0.1) is 10.8 Å². The summed E-state index contributed by atoms with van der Waals surface area (Å²) in [5.74, 6) is 0.125. The molecule has 0 atom stereocenters. The molecule has 1 aromatic rings. The molecule has 0 unspecified atom stereocenters. The lowest BCUT2D eigenvalue weighted by molar-refractivity contribution is -0.114. The molecule has 0 fully saturated rings. The zero-order valence-electron chi connectivity index (χ0n) is 14.7. The van der Waals surface area contributed by atoms with E-state index in [2.05, 4.69) is 46.5 Å². The minimum atomic E-state index is -0.220. The van der Waals surface area contributed by atoms with Gasteiger partial charge in [-0.05, 0) is 47.2 Å². The van der Waals surface area contributed by atoms with Gasteiger partial charge in [-0.3, -0.25) is 4.79 Å². The highest BCUT2D eigenvalue weighted by Gasteiger charge is 2.34. The first kappa shape index (κ1) is 17.7. The van der Waals surface area contributed by atoms with Gasteiger partial charge in [0.25, 0.3) is 0 Å². The number of rotatable bonds is 1. The number of Topliss-reactive ketones (excluding diaryl/α,β-unsaturated/α-hetero) is 1. The molecule has 122 valence electrons. The van der Waals surface area contributed by atoms with E-state index < -0.39 is 0 Å². The maximum absolute atomic E-state index is 12.9. The Morgan fingerprint density at radius 1 is 0.826 bits per heavy atom. The summed E-state index contributed by atoms with van der Waals surface area (Å²) in [5, 5.41) is 0.685. The van der Waals surface area contributed by atoms with Crippen LogP contribution in [0.3, 0.4) is 0 Å². The van der Waals surface area contributed by atoms with Crippen molar-refractivity contribution >= 4 is 28.8 Å². The van der Waals surface area contributed by atoms with Crippen LogP contribution in [0.1, 0.15) is 41.5 Å². The summed E-state index contributed by atoms with van der Waals surface area (Å²) in [6, 6.07) is 7.39. The van der Waals surface area contributed by atoms with Crippen LogP contribution < -0.4 is 0 Å². The molecular formula is C20H24ClNO. The highest BCUT2D eigenvalue weighted by Crippen LogP contribution is 2.37. The Balaban J connectivity index is 2.56. The van der Waals surface area contributed by atoms with E-state index in [1.807, 2.05) is 36.4 Å². The predicted octanol–water partition coefficient (Wildman–Crippen LogP) is 5.94. The molecule has 0 radical (unpaired) electrons. The zero-order chi connectivity index (χ0) is 17.4. The first-order chi connectivity index (χ1) is 10.5. The van der Waals surface area contributed by atoms with Crippen molar-refractivity contribution in [2.24, 2.45) is 15.8 Å². The van der Waals surface area contributed by atoms with E-state index in [-0.39, 0.29) is 16.6 Å². The highest BCUT2D eigenvalue weighted by molar-refractivity contribution is 6.30. The van der Waals surface area contributed by atoms with Gasteiger partial charge in [0.2, 0.25) is 0 Å². The molecule has 2 rings (SSSR count). The Labute approximate surface area is 144 Å². The topological polar surface area (TPSA) is 29.4 Å². The fourth-order valence-corrected chi connectivity index (χ4v) is 2.58. The molecule has 0 spiro atoms. The van der Waals surface area contributed by atoms with Crippen LogP contribution in [0.4, 0.5) is 5.69 Å². The lowest BCUT2D eigenvalue weighted by Crippen LogP contribution is -2.29. The molecule has 0 aliphatic heterocycles. The van der Waals surface area contributed by atoms with E-state index in [1.54, 1.807) is 0 Å². The molecule has 0 saturated heterocycles. The van der Waals surface area contributed by atoms with Crippen molar-refractivity contribution in [3.8, 4) is 0 Å². The minimum Gasteiger partial charge on any atom is -0.289 e. The summed E-state index contributed by atoms with van der Waals surface area (Å²) < 4.78 is 0. The summed E-state index contributed by atoms with van der Waals surface area (Å²) >= 11 is 5.92. The maximum atomic E-state index is 12.9. The summed E-state index contributed by atoms with van der Waals surface area (Å²) in [6.45, 7) is 12.3. The molecule has 2 nitrogen and oxygen atoms in total. The van der Waals surface area contributed by atoms with Crippen molar-refractivity contribution in [1.29, 1.82) is 0 Å². The Kier molecular flexibility index (Phi) is 4.68. The predicted molar refractivity (Wildman–Crippen MR) is 98.6 cm³/mol. The number of carbonyl (C=O) groups is 1. The van der Waals surface area contributed by atoms with Crippen LogP contribution in [-0.2, 0) is 4.79 Å². The van der Waals surface area contributed by atoms with Gasteiger partial charge < -0.3 is 0 Å². The molecule has 0 amide bonds. The molecule has 3 heteroatoms. The number of hydrogen-bond acceptors (Lipinski definition) is 2. The third-order valence-corrected chi connectivity index (χ3v) is 4.03. The van der Waals surface area contributed by atoms with Gasteiger partial charge in [-0.2, -0.15) is 0 Å². The Bertz CT molecular complexity index is 671. The number of carbonyl (C=O) groups excluding carboxylic acids is 1.